The monoisotopic (exact) mass is 344 g/mol. The fraction of sp³-hybridized carbons (Fsp3) is 0.438. The van der Waals surface area contributed by atoms with Crippen LogP contribution in [0.3, 0.4) is 0 Å². The molecule has 3 heterocycles. The Morgan fingerprint density at radius 3 is 2.56 bits per heavy atom. The predicted molar refractivity (Wildman–Crippen MR) is 89.6 cm³/mol. The number of likely N-dealkylation sites (tertiary alicyclic amines) is 1. The van der Waals surface area contributed by atoms with Gasteiger partial charge in [-0.3, -0.25) is 10.1 Å². The lowest BCUT2D eigenvalue weighted by molar-refractivity contribution is -0.146. The summed E-state index contributed by atoms with van der Waals surface area (Å²) in [5, 5.41) is 16.2. The van der Waals surface area contributed by atoms with Gasteiger partial charge in [-0.05, 0) is 33.3 Å². The van der Waals surface area contributed by atoms with Crippen LogP contribution in [0.15, 0.2) is 18.3 Å². The Bertz CT molecular complexity index is 813. The topological polar surface area (TPSA) is 113 Å². The summed E-state index contributed by atoms with van der Waals surface area (Å²) in [5.41, 5.74) is 0.688. The number of carboxylic acid groups (broad SMARTS) is 1. The molecular weight excluding hydrogens is 324 g/mol. The van der Waals surface area contributed by atoms with Crippen LogP contribution in [0.1, 0.15) is 24.7 Å². The maximum Gasteiger partial charge on any atom is 0.323 e. The molecule has 1 unspecified atom stereocenters. The maximum atomic E-state index is 12.5. The number of rotatable bonds is 3. The molecule has 2 N–H and O–H groups in total. The van der Waals surface area contributed by atoms with Crippen molar-refractivity contribution in [1.29, 1.82) is 0 Å². The average Bonchev–Trinajstić information content (AvgIpc) is 3.14. The van der Waals surface area contributed by atoms with Gasteiger partial charge < -0.3 is 10.0 Å². The van der Waals surface area contributed by atoms with E-state index in [1.54, 1.807) is 19.2 Å². The molecule has 1 saturated heterocycles. The van der Waals surface area contributed by atoms with Crippen LogP contribution in [0.25, 0.3) is 5.95 Å². The molecule has 0 aromatic carbocycles. The molecule has 2 aromatic rings. The van der Waals surface area contributed by atoms with Crippen LogP contribution in [0.4, 0.5) is 10.6 Å². The largest absolute Gasteiger partial charge is 0.481 e. The quantitative estimate of drug-likeness (QED) is 0.874. The number of aromatic nitrogens is 4. The highest BCUT2D eigenvalue weighted by Crippen LogP contribution is 2.30. The van der Waals surface area contributed by atoms with E-state index >= 15 is 0 Å². The van der Waals surface area contributed by atoms with Crippen molar-refractivity contribution >= 4 is 17.8 Å². The van der Waals surface area contributed by atoms with E-state index in [0.29, 0.717) is 24.7 Å². The summed E-state index contributed by atoms with van der Waals surface area (Å²) in [6, 6.07) is 3.13. The number of urea groups is 1. The number of nitrogens with one attached hydrogen (secondary N) is 1. The maximum absolute atomic E-state index is 12.5. The summed E-state index contributed by atoms with van der Waals surface area (Å²) < 4.78 is 1.45. The van der Waals surface area contributed by atoms with Gasteiger partial charge in [-0.1, -0.05) is 0 Å². The van der Waals surface area contributed by atoms with Crippen molar-refractivity contribution in [2.45, 2.75) is 27.2 Å². The number of aryl methyl sites for hydroxylation is 2. The zero-order chi connectivity index (χ0) is 18.2. The zero-order valence-corrected chi connectivity index (χ0v) is 14.4. The van der Waals surface area contributed by atoms with Gasteiger partial charge in [-0.15, -0.1) is 0 Å². The number of carbonyl (C=O) groups is 2. The van der Waals surface area contributed by atoms with Crippen molar-refractivity contribution in [2.24, 2.45) is 5.41 Å². The molecule has 9 heteroatoms. The summed E-state index contributed by atoms with van der Waals surface area (Å²) in [6.45, 7) is 5.93. The Morgan fingerprint density at radius 2 is 1.96 bits per heavy atom. The lowest BCUT2D eigenvalue weighted by atomic mass is 9.90. The van der Waals surface area contributed by atoms with Gasteiger partial charge >= 0.3 is 12.0 Å². The highest BCUT2D eigenvalue weighted by atomic mass is 16.4. The summed E-state index contributed by atoms with van der Waals surface area (Å²) in [6.07, 6.45) is 1.97. The second-order valence-corrected chi connectivity index (χ2v) is 6.55. The normalized spacial score (nSPS) is 19.9. The number of amides is 2. The lowest BCUT2D eigenvalue weighted by Crippen LogP contribution is -2.37. The van der Waals surface area contributed by atoms with Crippen LogP contribution in [-0.4, -0.2) is 54.8 Å². The van der Waals surface area contributed by atoms with Gasteiger partial charge in [-0.2, -0.15) is 9.78 Å². The van der Waals surface area contributed by atoms with E-state index in [-0.39, 0.29) is 12.6 Å². The Kier molecular flexibility index (Phi) is 4.15. The molecule has 2 amide bonds. The Balaban J connectivity index is 1.78. The highest BCUT2D eigenvalue weighted by Gasteiger charge is 2.42. The molecule has 2 aromatic heterocycles. The van der Waals surface area contributed by atoms with Gasteiger partial charge in [0, 0.05) is 30.5 Å². The number of hydrogen-bond donors (Lipinski definition) is 2. The molecule has 1 aliphatic heterocycles. The van der Waals surface area contributed by atoms with Crippen LogP contribution < -0.4 is 5.32 Å². The van der Waals surface area contributed by atoms with Gasteiger partial charge in [-0.25, -0.2) is 14.8 Å². The van der Waals surface area contributed by atoms with E-state index in [9.17, 15) is 14.7 Å². The predicted octanol–water partition coefficient (Wildman–Crippen LogP) is 1.61. The van der Waals surface area contributed by atoms with Gasteiger partial charge in [0.1, 0.15) is 5.82 Å². The fourth-order valence-electron chi connectivity index (χ4n) is 2.86. The van der Waals surface area contributed by atoms with E-state index < -0.39 is 11.4 Å². The van der Waals surface area contributed by atoms with E-state index in [1.165, 1.54) is 9.58 Å². The van der Waals surface area contributed by atoms with Crippen LogP contribution in [0.5, 0.6) is 0 Å². The smallest absolute Gasteiger partial charge is 0.323 e. The van der Waals surface area contributed by atoms with Gasteiger partial charge in [0.05, 0.1) is 11.6 Å². The Hall–Kier alpha value is -2.97. The zero-order valence-electron chi connectivity index (χ0n) is 14.4. The third kappa shape index (κ3) is 3.30. The third-order valence-electron chi connectivity index (χ3n) is 4.31. The number of carboxylic acids is 1. The number of carbonyl (C=O) groups excluding carboxylic acids is 1. The van der Waals surface area contributed by atoms with E-state index in [2.05, 4.69) is 20.4 Å². The van der Waals surface area contributed by atoms with Gasteiger partial charge in [0.15, 0.2) is 0 Å². The van der Waals surface area contributed by atoms with Crippen LogP contribution >= 0.6 is 0 Å². The molecule has 132 valence electrons. The molecule has 25 heavy (non-hydrogen) atoms. The number of anilines is 1. The molecule has 3 rings (SSSR count). The lowest BCUT2D eigenvalue weighted by Gasteiger charge is -2.20. The average molecular weight is 344 g/mol. The van der Waals surface area contributed by atoms with Crippen molar-refractivity contribution in [3.8, 4) is 5.95 Å². The highest BCUT2D eigenvalue weighted by molar-refractivity contribution is 5.89. The number of hydrogen-bond acceptors (Lipinski definition) is 5. The van der Waals surface area contributed by atoms with E-state index in [0.717, 1.165) is 11.4 Å². The van der Waals surface area contributed by atoms with Gasteiger partial charge in [0.25, 0.3) is 5.95 Å². The summed E-state index contributed by atoms with van der Waals surface area (Å²) >= 11 is 0. The molecule has 0 bridgehead atoms. The minimum Gasteiger partial charge on any atom is -0.481 e. The van der Waals surface area contributed by atoms with Crippen LogP contribution in [-0.2, 0) is 4.79 Å². The number of nitrogens with zero attached hydrogens (tertiary/aromatic N) is 5. The minimum atomic E-state index is -0.908. The fourth-order valence-corrected chi connectivity index (χ4v) is 2.86. The first-order chi connectivity index (χ1) is 11.8. The third-order valence-corrected chi connectivity index (χ3v) is 4.31. The first kappa shape index (κ1) is 16.9. The second kappa shape index (κ2) is 6.15. The van der Waals surface area contributed by atoms with Gasteiger partial charge in [0.2, 0.25) is 0 Å². The molecule has 1 fully saturated rings. The van der Waals surface area contributed by atoms with Crippen LogP contribution in [0.2, 0.25) is 0 Å². The van der Waals surface area contributed by atoms with Crippen molar-refractivity contribution in [3.05, 3.63) is 29.7 Å². The minimum absolute atomic E-state index is 0.169. The first-order valence-electron chi connectivity index (χ1n) is 7.94. The molecule has 0 spiro atoms. The molecule has 0 aliphatic carbocycles. The van der Waals surface area contributed by atoms with Crippen molar-refractivity contribution in [1.82, 2.24) is 24.6 Å². The molecule has 0 radical (unpaired) electrons. The standard InChI is InChI=1S/C16H20N6O3/c1-10-8-11(2)19-14(18-10)22-12(4-6-17-22)20-15(25)21-7-5-16(3,9-21)13(23)24/h4,6,8H,5,7,9H2,1-3H3,(H,20,25)(H,23,24). The summed E-state index contributed by atoms with van der Waals surface area (Å²) in [5.74, 6) is -0.0926. The molecule has 1 atom stereocenters. The van der Waals surface area contributed by atoms with E-state index in [4.69, 9.17) is 0 Å². The van der Waals surface area contributed by atoms with Crippen molar-refractivity contribution < 1.29 is 14.7 Å². The number of aliphatic carboxylic acids is 1. The SMILES string of the molecule is Cc1cc(C)nc(-n2nccc2NC(=O)N2CCC(C)(C(=O)O)C2)n1. The Labute approximate surface area is 144 Å². The summed E-state index contributed by atoms with van der Waals surface area (Å²) in [7, 11) is 0. The molecule has 0 saturated carbocycles. The van der Waals surface area contributed by atoms with Crippen LogP contribution in [0, 0.1) is 19.3 Å². The molecule has 9 nitrogen and oxygen atoms in total. The summed E-state index contributed by atoms with van der Waals surface area (Å²) in [4.78, 5) is 34.0. The Morgan fingerprint density at radius 1 is 1.28 bits per heavy atom. The van der Waals surface area contributed by atoms with Crippen molar-refractivity contribution in [2.75, 3.05) is 18.4 Å². The van der Waals surface area contributed by atoms with Crippen molar-refractivity contribution in [3.63, 3.8) is 0 Å². The second-order valence-electron chi connectivity index (χ2n) is 6.55. The van der Waals surface area contributed by atoms with E-state index in [1.807, 2.05) is 19.9 Å². The first-order valence-corrected chi connectivity index (χ1v) is 7.94. The molecule has 1 aliphatic rings. The molecular formula is C16H20N6O3.